The van der Waals surface area contributed by atoms with Gasteiger partial charge in [-0.05, 0) is 64.7 Å². The lowest BCUT2D eigenvalue weighted by atomic mass is 10.00. The van der Waals surface area contributed by atoms with E-state index in [1.54, 1.807) is 0 Å². The Morgan fingerprint density at radius 2 is 0.911 bits per heavy atom. The Labute approximate surface area is 320 Å². The van der Waals surface area contributed by atoms with E-state index in [2.05, 4.69) is 167 Å². The molecule has 0 saturated carbocycles. The molecular weight excluding hydrogens is 681 g/mol. The number of fused-ring (bicyclic) bond motifs is 14. The number of para-hydroxylation sites is 4. The first-order valence-corrected chi connectivity index (χ1v) is 19.2. The van der Waals surface area contributed by atoms with Crippen LogP contribution in [0, 0.1) is 0 Å². The quantitative estimate of drug-likeness (QED) is 0.183. The van der Waals surface area contributed by atoms with Crippen LogP contribution in [0.2, 0.25) is 0 Å². The van der Waals surface area contributed by atoms with Gasteiger partial charge in [0.05, 0.1) is 50.0 Å². The summed E-state index contributed by atoms with van der Waals surface area (Å²) in [5.74, 6) is 0. The molecule has 0 saturated heterocycles. The average Bonchev–Trinajstić information content (AvgIpc) is 3.90. The highest BCUT2D eigenvalue weighted by molar-refractivity contribution is 6.36. The number of hydrogen-bond acceptors (Lipinski definition) is 2. The first-order chi connectivity index (χ1) is 27.8. The van der Waals surface area contributed by atoms with Gasteiger partial charge in [0.1, 0.15) is 0 Å². The Morgan fingerprint density at radius 3 is 1.70 bits per heavy atom. The second-order valence-electron chi connectivity index (χ2n) is 15.0. The molecule has 0 amide bonds. The maximum Gasteiger partial charge on any atom is 0.0973 e. The lowest BCUT2D eigenvalue weighted by Crippen LogP contribution is -1.97. The molecule has 4 aromatic heterocycles. The minimum Gasteiger partial charge on any atom is -0.309 e. The smallest absolute Gasteiger partial charge is 0.0973 e. The van der Waals surface area contributed by atoms with Crippen molar-refractivity contribution in [2.45, 2.75) is 0 Å². The van der Waals surface area contributed by atoms with E-state index in [0.717, 1.165) is 39.2 Å². The largest absolute Gasteiger partial charge is 0.309 e. The van der Waals surface area contributed by atoms with Crippen molar-refractivity contribution in [3.05, 3.63) is 182 Å². The third-order valence-corrected chi connectivity index (χ3v) is 12.0. The van der Waals surface area contributed by atoms with Crippen molar-refractivity contribution in [3.63, 3.8) is 0 Å². The highest BCUT2D eigenvalue weighted by atomic mass is 15.0. The fourth-order valence-electron chi connectivity index (χ4n) is 9.53. The topological polar surface area (TPSA) is 35.1 Å². The SMILES string of the molecule is c1ccc2cc(-c3nc4ccccc4nc3-c3ccc(-n4c5ccccc5c5cc6c7ccccc7n7c8c9ccccc9ccc8c(c54)c67)cc3)ccc2c1. The van der Waals surface area contributed by atoms with Crippen LogP contribution in [0.5, 0.6) is 0 Å². The van der Waals surface area contributed by atoms with E-state index in [-0.39, 0.29) is 0 Å². The van der Waals surface area contributed by atoms with Crippen LogP contribution in [-0.4, -0.2) is 18.9 Å². The van der Waals surface area contributed by atoms with Gasteiger partial charge in [-0.2, -0.15) is 0 Å². The first-order valence-electron chi connectivity index (χ1n) is 19.2. The van der Waals surface area contributed by atoms with Crippen molar-refractivity contribution in [2.75, 3.05) is 0 Å². The lowest BCUT2D eigenvalue weighted by molar-refractivity contribution is 1.19. The second-order valence-corrected chi connectivity index (χ2v) is 15.0. The molecule has 0 bridgehead atoms. The Hall–Kier alpha value is -7.56. The van der Waals surface area contributed by atoms with Gasteiger partial charge in [-0.3, -0.25) is 0 Å². The van der Waals surface area contributed by atoms with Crippen molar-refractivity contribution in [2.24, 2.45) is 0 Å². The van der Waals surface area contributed by atoms with Crippen molar-refractivity contribution in [3.8, 4) is 28.2 Å². The van der Waals surface area contributed by atoms with Gasteiger partial charge in [-0.1, -0.05) is 133 Å². The summed E-state index contributed by atoms with van der Waals surface area (Å²) >= 11 is 0. The zero-order chi connectivity index (χ0) is 36.5. The maximum absolute atomic E-state index is 5.26. The summed E-state index contributed by atoms with van der Waals surface area (Å²) in [5, 5.41) is 12.5. The number of hydrogen-bond donors (Lipinski definition) is 0. The third kappa shape index (κ3) is 3.97. The molecule has 4 heteroatoms. The van der Waals surface area contributed by atoms with E-state index in [9.17, 15) is 0 Å². The van der Waals surface area contributed by atoms with Crippen LogP contribution >= 0.6 is 0 Å². The third-order valence-electron chi connectivity index (χ3n) is 12.0. The summed E-state index contributed by atoms with van der Waals surface area (Å²) in [4.78, 5) is 10.5. The molecule has 0 N–H and O–H groups in total. The van der Waals surface area contributed by atoms with Crippen LogP contribution in [0.1, 0.15) is 0 Å². The summed E-state index contributed by atoms with van der Waals surface area (Å²) in [6, 6.07) is 65.7. The highest BCUT2D eigenvalue weighted by Crippen LogP contribution is 2.48. The van der Waals surface area contributed by atoms with Gasteiger partial charge in [0.2, 0.25) is 0 Å². The zero-order valence-electron chi connectivity index (χ0n) is 30.1. The molecular formula is C52H30N4. The van der Waals surface area contributed by atoms with Crippen molar-refractivity contribution in [1.29, 1.82) is 0 Å². The normalized spacial score (nSPS) is 12.3. The molecule has 4 heterocycles. The number of nitrogens with zero attached hydrogens (tertiary/aromatic N) is 4. The first kappa shape index (κ1) is 29.8. The molecule has 4 nitrogen and oxygen atoms in total. The van der Waals surface area contributed by atoms with Gasteiger partial charge in [0, 0.05) is 54.5 Å². The van der Waals surface area contributed by atoms with Gasteiger partial charge >= 0.3 is 0 Å². The lowest BCUT2D eigenvalue weighted by Gasteiger charge is -2.13. The molecule has 13 aromatic rings. The molecule has 0 unspecified atom stereocenters. The molecule has 0 aliphatic heterocycles. The van der Waals surface area contributed by atoms with Gasteiger partial charge in [-0.25, -0.2) is 9.97 Å². The Bertz CT molecular complexity index is 3760. The number of aromatic nitrogens is 4. The molecule has 0 aliphatic rings. The van der Waals surface area contributed by atoms with E-state index < -0.39 is 0 Å². The minimum absolute atomic E-state index is 0.874. The Kier molecular flexibility index (Phi) is 5.86. The Balaban J connectivity index is 1.10. The highest BCUT2D eigenvalue weighted by Gasteiger charge is 2.25. The molecule has 13 rings (SSSR count). The molecule has 0 radical (unpaired) electrons. The van der Waals surface area contributed by atoms with Crippen molar-refractivity contribution >= 4 is 92.5 Å². The van der Waals surface area contributed by atoms with E-state index >= 15 is 0 Å². The Morgan fingerprint density at radius 1 is 0.339 bits per heavy atom. The van der Waals surface area contributed by atoms with Gasteiger partial charge in [-0.15, -0.1) is 0 Å². The van der Waals surface area contributed by atoms with E-state index in [0.29, 0.717) is 0 Å². The maximum atomic E-state index is 5.26. The van der Waals surface area contributed by atoms with E-state index in [4.69, 9.17) is 9.97 Å². The molecule has 258 valence electrons. The fraction of sp³-hybridized carbons (Fsp3) is 0. The second kappa shape index (κ2) is 11.0. The van der Waals surface area contributed by atoms with Crippen LogP contribution in [0.15, 0.2) is 182 Å². The van der Waals surface area contributed by atoms with Crippen LogP contribution in [0.4, 0.5) is 0 Å². The predicted octanol–water partition coefficient (Wildman–Crippen LogP) is 13.5. The molecule has 0 fully saturated rings. The average molecular weight is 711 g/mol. The molecule has 0 aliphatic carbocycles. The predicted molar refractivity (Wildman–Crippen MR) is 234 cm³/mol. The monoisotopic (exact) mass is 710 g/mol. The number of benzene rings is 9. The van der Waals surface area contributed by atoms with Crippen molar-refractivity contribution < 1.29 is 0 Å². The molecule has 0 spiro atoms. The van der Waals surface area contributed by atoms with Crippen LogP contribution < -0.4 is 0 Å². The molecule has 0 atom stereocenters. The summed E-state index contributed by atoms with van der Waals surface area (Å²) in [6.07, 6.45) is 0. The van der Waals surface area contributed by atoms with E-state index in [1.807, 2.05) is 24.3 Å². The van der Waals surface area contributed by atoms with Crippen LogP contribution in [0.25, 0.3) is 121 Å². The van der Waals surface area contributed by atoms with Crippen LogP contribution in [0.3, 0.4) is 0 Å². The van der Waals surface area contributed by atoms with Crippen LogP contribution in [-0.2, 0) is 0 Å². The number of rotatable bonds is 3. The standard InChI is InChI=1S/C52H30N4/c1-2-13-34-29-35(22-21-31(34)11-1)49-48(53-43-17-7-8-18-44(43)54-49)33-23-26-36(27-24-33)55-45-19-9-5-15-38(45)41-30-42-39-16-6-10-20-46(39)56-50-37-14-4-3-12-32(37)25-28-40(50)47(51(41)55)52(42)56/h1-30H. The summed E-state index contributed by atoms with van der Waals surface area (Å²) in [5.41, 5.74) is 12.9. The fourth-order valence-corrected chi connectivity index (χ4v) is 9.53. The minimum atomic E-state index is 0.874. The molecule has 56 heavy (non-hydrogen) atoms. The molecule has 9 aromatic carbocycles. The summed E-state index contributed by atoms with van der Waals surface area (Å²) in [6.45, 7) is 0. The van der Waals surface area contributed by atoms with Gasteiger partial charge < -0.3 is 8.97 Å². The summed E-state index contributed by atoms with van der Waals surface area (Å²) < 4.78 is 5.00. The van der Waals surface area contributed by atoms with Crippen molar-refractivity contribution in [1.82, 2.24) is 18.9 Å². The van der Waals surface area contributed by atoms with Gasteiger partial charge in [0.25, 0.3) is 0 Å². The zero-order valence-corrected chi connectivity index (χ0v) is 30.1. The van der Waals surface area contributed by atoms with Gasteiger partial charge in [0.15, 0.2) is 0 Å². The summed E-state index contributed by atoms with van der Waals surface area (Å²) in [7, 11) is 0. The van der Waals surface area contributed by atoms with E-state index in [1.165, 1.54) is 81.4 Å².